The molecule has 0 saturated carbocycles. The number of anilines is 1. The SMILES string of the molecule is C1=CC=CNC=C1.Nc1ncc2nccnc2n1. The Labute approximate surface area is 104 Å². The third kappa shape index (κ3) is 3.38. The van der Waals surface area contributed by atoms with Crippen LogP contribution in [0.1, 0.15) is 0 Å². The van der Waals surface area contributed by atoms with E-state index in [9.17, 15) is 0 Å². The van der Waals surface area contributed by atoms with E-state index in [1.54, 1.807) is 18.6 Å². The number of fused-ring (bicyclic) bond motifs is 1. The molecule has 2 aromatic rings. The lowest BCUT2D eigenvalue weighted by Crippen LogP contribution is -1.95. The lowest BCUT2D eigenvalue weighted by molar-refractivity contribution is 1.16. The van der Waals surface area contributed by atoms with Gasteiger partial charge in [0.1, 0.15) is 5.52 Å². The van der Waals surface area contributed by atoms with Crippen molar-refractivity contribution in [3.05, 3.63) is 55.3 Å². The summed E-state index contributed by atoms with van der Waals surface area (Å²) >= 11 is 0. The van der Waals surface area contributed by atoms with Gasteiger partial charge in [-0.1, -0.05) is 12.2 Å². The van der Waals surface area contributed by atoms with Crippen molar-refractivity contribution < 1.29 is 0 Å². The third-order valence-electron chi connectivity index (χ3n) is 1.96. The summed E-state index contributed by atoms with van der Waals surface area (Å²) < 4.78 is 0. The Morgan fingerprint density at radius 3 is 2.39 bits per heavy atom. The summed E-state index contributed by atoms with van der Waals surface area (Å²) in [6.07, 6.45) is 16.3. The zero-order valence-electron chi connectivity index (χ0n) is 9.56. The second-order valence-corrected chi connectivity index (χ2v) is 3.26. The minimum absolute atomic E-state index is 0.220. The molecule has 0 spiro atoms. The zero-order chi connectivity index (χ0) is 12.6. The van der Waals surface area contributed by atoms with E-state index in [0.29, 0.717) is 11.2 Å². The van der Waals surface area contributed by atoms with Crippen LogP contribution >= 0.6 is 0 Å². The Hall–Kier alpha value is -2.76. The molecule has 0 bridgehead atoms. The van der Waals surface area contributed by atoms with Crippen molar-refractivity contribution in [2.75, 3.05) is 5.73 Å². The van der Waals surface area contributed by atoms with Gasteiger partial charge >= 0.3 is 0 Å². The molecule has 0 saturated heterocycles. The van der Waals surface area contributed by atoms with Crippen molar-refractivity contribution in [2.24, 2.45) is 0 Å². The number of hydrogen-bond acceptors (Lipinski definition) is 6. The van der Waals surface area contributed by atoms with Crippen LogP contribution in [-0.4, -0.2) is 19.9 Å². The molecule has 0 amide bonds. The molecule has 0 atom stereocenters. The van der Waals surface area contributed by atoms with Crippen LogP contribution in [0.25, 0.3) is 11.2 Å². The maximum Gasteiger partial charge on any atom is 0.222 e. The summed E-state index contributed by atoms with van der Waals surface area (Å²) in [5.41, 5.74) is 6.52. The summed E-state index contributed by atoms with van der Waals surface area (Å²) in [5.74, 6) is 0.220. The lowest BCUT2D eigenvalue weighted by atomic mass is 10.5. The average molecular weight is 240 g/mol. The fourth-order valence-corrected chi connectivity index (χ4v) is 1.19. The molecule has 0 radical (unpaired) electrons. The topological polar surface area (TPSA) is 89.6 Å². The molecule has 6 nitrogen and oxygen atoms in total. The van der Waals surface area contributed by atoms with Gasteiger partial charge in [-0.25, -0.2) is 15.0 Å². The smallest absolute Gasteiger partial charge is 0.222 e. The van der Waals surface area contributed by atoms with E-state index in [4.69, 9.17) is 5.73 Å². The van der Waals surface area contributed by atoms with Gasteiger partial charge in [0.2, 0.25) is 5.95 Å². The molecule has 2 aromatic heterocycles. The van der Waals surface area contributed by atoms with Gasteiger partial charge in [0, 0.05) is 24.8 Å². The van der Waals surface area contributed by atoms with E-state index in [-0.39, 0.29) is 5.95 Å². The average Bonchev–Trinajstić information content (AvgIpc) is 2.71. The van der Waals surface area contributed by atoms with Crippen molar-refractivity contribution in [2.45, 2.75) is 0 Å². The van der Waals surface area contributed by atoms with Crippen LogP contribution < -0.4 is 11.1 Å². The Morgan fingerprint density at radius 1 is 0.889 bits per heavy atom. The highest BCUT2D eigenvalue weighted by molar-refractivity contribution is 5.68. The van der Waals surface area contributed by atoms with Crippen LogP contribution in [0.4, 0.5) is 5.95 Å². The van der Waals surface area contributed by atoms with Crippen LogP contribution in [0.5, 0.6) is 0 Å². The first-order chi connectivity index (χ1) is 8.86. The number of nitrogen functional groups attached to an aromatic ring is 1. The van der Waals surface area contributed by atoms with E-state index < -0.39 is 0 Å². The molecular weight excluding hydrogens is 228 g/mol. The molecule has 1 aliphatic rings. The summed E-state index contributed by atoms with van der Waals surface area (Å²) in [4.78, 5) is 15.6. The van der Waals surface area contributed by atoms with Crippen LogP contribution in [0, 0.1) is 0 Å². The first kappa shape index (κ1) is 11.7. The highest BCUT2D eigenvalue weighted by atomic mass is 15.0. The molecule has 0 aliphatic carbocycles. The predicted octanol–water partition coefficient (Wildman–Crippen LogP) is 1.18. The first-order valence-electron chi connectivity index (χ1n) is 5.30. The Bertz CT molecular complexity index is 588. The zero-order valence-corrected chi connectivity index (χ0v) is 9.56. The number of rotatable bonds is 0. The summed E-state index contributed by atoms with van der Waals surface area (Å²) in [6.45, 7) is 0. The Kier molecular flexibility index (Phi) is 3.97. The third-order valence-corrected chi connectivity index (χ3v) is 1.96. The maximum absolute atomic E-state index is 5.33. The van der Waals surface area contributed by atoms with Crippen molar-refractivity contribution in [1.29, 1.82) is 0 Å². The highest BCUT2D eigenvalue weighted by Crippen LogP contribution is 2.02. The second-order valence-electron chi connectivity index (χ2n) is 3.26. The van der Waals surface area contributed by atoms with Gasteiger partial charge < -0.3 is 11.1 Å². The molecule has 1 aliphatic heterocycles. The van der Waals surface area contributed by atoms with Gasteiger partial charge in [-0.3, -0.25) is 0 Å². The fourth-order valence-electron chi connectivity index (χ4n) is 1.19. The number of nitrogens with zero attached hydrogens (tertiary/aromatic N) is 4. The highest BCUT2D eigenvalue weighted by Gasteiger charge is 1.95. The van der Waals surface area contributed by atoms with Crippen molar-refractivity contribution >= 4 is 17.1 Å². The monoisotopic (exact) mass is 240 g/mol. The van der Waals surface area contributed by atoms with E-state index >= 15 is 0 Å². The second kappa shape index (κ2) is 6.09. The van der Waals surface area contributed by atoms with Crippen molar-refractivity contribution in [1.82, 2.24) is 25.3 Å². The van der Waals surface area contributed by atoms with Gasteiger partial charge in [0.05, 0.1) is 6.20 Å². The van der Waals surface area contributed by atoms with Crippen LogP contribution in [0.2, 0.25) is 0 Å². The molecule has 0 aromatic carbocycles. The molecule has 90 valence electrons. The van der Waals surface area contributed by atoms with Crippen LogP contribution in [0.3, 0.4) is 0 Å². The number of nitrogens with one attached hydrogen (secondary N) is 1. The van der Waals surface area contributed by atoms with Crippen LogP contribution in [0.15, 0.2) is 55.3 Å². The van der Waals surface area contributed by atoms with E-state index in [1.807, 2.05) is 36.7 Å². The largest absolute Gasteiger partial charge is 0.368 e. The lowest BCUT2D eigenvalue weighted by Gasteiger charge is -1.93. The number of aromatic nitrogens is 4. The van der Waals surface area contributed by atoms with Crippen molar-refractivity contribution in [3.63, 3.8) is 0 Å². The van der Waals surface area contributed by atoms with Crippen molar-refractivity contribution in [3.8, 4) is 0 Å². The molecule has 0 fully saturated rings. The van der Waals surface area contributed by atoms with Gasteiger partial charge in [-0.15, -0.1) is 0 Å². The normalized spacial score (nSPS) is 12.4. The molecule has 3 N–H and O–H groups in total. The summed E-state index contributed by atoms with van der Waals surface area (Å²) in [5, 5.41) is 2.92. The molecule has 18 heavy (non-hydrogen) atoms. The fraction of sp³-hybridized carbons (Fsp3) is 0. The molecule has 0 unspecified atom stereocenters. The summed E-state index contributed by atoms with van der Waals surface area (Å²) in [6, 6.07) is 0. The van der Waals surface area contributed by atoms with Gasteiger partial charge in [0.25, 0.3) is 0 Å². The Morgan fingerprint density at radius 2 is 1.61 bits per heavy atom. The molecule has 3 heterocycles. The Balaban J connectivity index is 0.000000149. The van der Waals surface area contributed by atoms with Crippen LogP contribution in [-0.2, 0) is 0 Å². The minimum Gasteiger partial charge on any atom is -0.368 e. The molecule has 6 heteroatoms. The maximum atomic E-state index is 5.33. The van der Waals surface area contributed by atoms with E-state index in [1.165, 1.54) is 0 Å². The number of hydrogen-bond donors (Lipinski definition) is 2. The quantitative estimate of drug-likeness (QED) is 0.718. The number of allylic oxidation sites excluding steroid dienone is 4. The summed E-state index contributed by atoms with van der Waals surface area (Å²) in [7, 11) is 0. The number of nitrogens with two attached hydrogens (primary N) is 1. The van der Waals surface area contributed by atoms with E-state index in [0.717, 1.165) is 0 Å². The predicted molar refractivity (Wildman–Crippen MR) is 70.1 cm³/mol. The standard InChI is InChI=1S/C6H5N5.C6H7N/c7-6-10-3-4-5(11-6)9-2-1-8-4;1-2-4-6-7-5-3-1/h1-3H,(H2,7,9,10,11);1-7H. The molecular formula is C12H12N6. The minimum atomic E-state index is 0.220. The molecule has 3 rings (SSSR count). The van der Waals surface area contributed by atoms with Gasteiger partial charge in [-0.05, 0) is 12.2 Å². The van der Waals surface area contributed by atoms with Gasteiger partial charge in [0.15, 0.2) is 5.65 Å². The van der Waals surface area contributed by atoms with Gasteiger partial charge in [-0.2, -0.15) is 4.98 Å². The first-order valence-corrected chi connectivity index (χ1v) is 5.30. The van der Waals surface area contributed by atoms with E-state index in [2.05, 4.69) is 25.3 Å².